The molecular weight excluding hydrogens is 322 g/mol. The molecule has 0 radical (unpaired) electrons. The number of aryl methyl sites for hydroxylation is 1. The number of halogens is 1. The zero-order chi connectivity index (χ0) is 14.1. The van der Waals surface area contributed by atoms with Crippen LogP contribution in [0.3, 0.4) is 0 Å². The van der Waals surface area contributed by atoms with E-state index in [2.05, 4.69) is 31.1 Å². The molecule has 0 saturated carbocycles. The maximum Gasteiger partial charge on any atom is 0.258 e. The number of hydrogen-bond donors (Lipinski definition) is 1. The lowest BCUT2D eigenvalue weighted by Gasteiger charge is -1.99. The molecule has 1 aromatic carbocycles. The zero-order valence-electron chi connectivity index (χ0n) is 10.5. The van der Waals surface area contributed by atoms with Crippen LogP contribution in [0.25, 0.3) is 22.8 Å². The van der Waals surface area contributed by atoms with Gasteiger partial charge in [0.05, 0.1) is 4.47 Å². The van der Waals surface area contributed by atoms with Gasteiger partial charge in [0.1, 0.15) is 5.75 Å². The van der Waals surface area contributed by atoms with Gasteiger partial charge in [-0.05, 0) is 52.7 Å². The number of aromatic hydroxyl groups is 1. The lowest BCUT2D eigenvalue weighted by Crippen LogP contribution is -1.86. The van der Waals surface area contributed by atoms with Gasteiger partial charge >= 0.3 is 0 Å². The van der Waals surface area contributed by atoms with Gasteiger partial charge in [0.15, 0.2) is 0 Å². The molecule has 0 aliphatic heterocycles. The first kappa shape index (κ1) is 12.8. The van der Waals surface area contributed by atoms with E-state index in [4.69, 9.17) is 4.52 Å². The molecule has 0 bridgehead atoms. The molecule has 0 unspecified atom stereocenters. The Bertz CT molecular complexity index is 771. The van der Waals surface area contributed by atoms with E-state index in [1.807, 2.05) is 13.0 Å². The van der Waals surface area contributed by atoms with Crippen LogP contribution in [0.4, 0.5) is 0 Å². The van der Waals surface area contributed by atoms with Gasteiger partial charge in [-0.2, -0.15) is 4.98 Å². The summed E-state index contributed by atoms with van der Waals surface area (Å²) in [5, 5.41) is 13.7. The zero-order valence-corrected chi connectivity index (χ0v) is 12.1. The number of phenolic OH excluding ortho intramolecular Hbond substituents is 1. The minimum atomic E-state index is 0.127. The Morgan fingerprint density at radius 3 is 2.85 bits per heavy atom. The molecule has 20 heavy (non-hydrogen) atoms. The summed E-state index contributed by atoms with van der Waals surface area (Å²) in [7, 11) is 0. The number of hydrogen-bond acceptors (Lipinski definition) is 5. The van der Waals surface area contributed by atoms with Gasteiger partial charge in [0.25, 0.3) is 5.89 Å². The van der Waals surface area contributed by atoms with E-state index in [0.29, 0.717) is 21.8 Å². The molecule has 0 amide bonds. The van der Waals surface area contributed by atoms with E-state index in [0.717, 1.165) is 11.1 Å². The molecule has 0 saturated heterocycles. The molecule has 0 spiro atoms. The summed E-state index contributed by atoms with van der Waals surface area (Å²) in [4.78, 5) is 8.38. The molecule has 6 heteroatoms. The number of aromatic nitrogens is 3. The Kier molecular flexibility index (Phi) is 3.23. The van der Waals surface area contributed by atoms with Crippen molar-refractivity contribution in [1.29, 1.82) is 0 Å². The van der Waals surface area contributed by atoms with Gasteiger partial charge in [0, 0.05) is 23.5 Å². The minimum absolute atomic E-state index is 0.127. The predicted octanol–water partition coefficient (Wildman–Crippen LogP) is 3.58. The minimum Gasteiger partial charge on any atom is -0.507 e. The lowest BCUT2D eigenvalue weighted by molar-refractivity contribution is 0.431. The van der Waals surface area contributed by atoms with Crippen LogP contribution in [-0.4, -0.2) is 20.2 Å². The lowest BCUT2D eigenvalue weighted by atomic mass is 10.1. The van der Waals surface area contributed by atoms with Gasteiger partial charge < -0.3 is 9.63 Å². The van der Waals surface area contributed by atoms with Crippen LogP contribution in [-0.2, 0) is 0 Å². The SMILES string of the molecule is Cc1cnccc1-c1noc(-c2ccc(Br)c(O)c2)n1. The largest absolute Gasteiger partial charge is 0.507 e. The van der Waals surface area contributed by atoms with E-state index in [1.54, 1.807) is 30.6 Å². The Morgan fingerprint density at radius 1 is 1.25 bits per heavy atom. The van der Waals surface area contributed by atoms with Crippen molar-refractivity contribution in [3.63, 3.8) is 0 Å². The monoisotopic (exact) mass is 331 g/mol. The number of benzene rings is 1. The fraction of sp³-hybridized carbons (Fsp3) is 0.0714. The second-order valence-corrected chi connectivity index (χ2v) is 5.13. The van der Waals surface area contributed by atoms with Crippen molar-refractivity contribution < 1.29 is 9.63 Å². The number of phenols is 1. The first-order valence-electron chi connectivity index (χ1n) is 5.89. The fourth-order valence-electron chi connectivity index (χ4n) is 1.82. The molecule has 0 atom stereocenters. The highest BCUT2D eigenvalue weighted by Crippen LogP contribution is 2.30. The summed E-state index contributed by atoms with van der Waals surface area (Å²) in [5.74, 6) is 0.990. The highest BCUT2D eigenvalue weighted by molar-refractivity contribution is 9.10. The Labute approximate surface area is 123 Å². The van der Waals surface area contributed by atoms with Gasteiger partial charge in [0.2, 0.25) is 5.82 Å². The van der Waals surface area contributed by atoms with E-state index in [-0.39, 0.29) is 5.75 Å². The van der Waals surface area contributed by atoms with Crippen molar-refractivity contribution in [2.24, 2.45) is 0 Å². The predicted molar refractivity (Wildman–Crippen MR) is 77.1 cm³/mol. The fourth-order valence-corrected chi connectivity index (χ4v) is 2.07. The molecule has 0 fully saturated rings. The Balaban J connectivity index is 2.02. The normalized spacial score (nSPS) is 10.7. The molecule has 1 N–H and O–H groups in total. The Hall–Kier alpha value is -2.21. The van der Waals surface area contributed by atoms with Crippen LogP contribution in [0.1, 0.15) is 5.56 Å². The van der Waals surface area contributed by atoms with Crippen LogP contribution in [0.5, 0.6) is 5.75 Å². The molecule has 3 aromatic rings. The molecular formula is C14H10BrN3O2. The van der Waals surface area contributed by atoms with E-state index < -0.39 is 0 Å². The summed E-state index contributed by atoms with van der Waals surface area (Å²) < 4.78 is 5.86. The topological polar surface area (TPSA) is 72.0 Å². The van der Waals surface area contributed by atoms with Crippen LogP contribution in [0.2, 0.25) is 0 Å². The van der Waals surface area contributed by atoms with Crippen molar-refractivity contribution in [3.8, 4) is 28.6 Å². The molecule has 5 nitrogen and oxygen atoms in total. The van der Waals surface area contributed by atoms with Crippen molar-refractivity contribution in [2.45, 2.75) is 6.92 Å². The average Bonchev–Trinajstić information content (AvgIpc) is 2.92. The van der Waals surface area contributed by atoms with E-state index >= 15 is 0 Å². The maximum atomic E-state index is 9.68. The summed E-state index contributed by atoms with van der Waals surface area (Å²) in [5.41, 5.74) is 2.51. The van der Waals surface area contributed by atoms with Gasteiger partial charge in [-0.1, -0.05) is 5.16 Å². The summed E-state index contributed by atoms with van der Waals surface area (Å²) in [6.07, 6.45) is 3.43. The molecule has 100 valence electrons. The molecule has 3 rings (SSSR count). The van der Waals surface area contributed by atoms with Crippen molar-refractivity contribution in [2.75, 3.05) is 0 Å². The second kappa shape index (κ2) is 5.05. The molecule has 2 aromatic heterocycles. The first-order valence-corrected chi connectivity index (χ1v) is 6.68. The quantitative estimate of drug-likeness (QED) is 0.777. The second-order valence-electron chi connectivity index (χ2n) is 4.28. The summed E-state index contributed by atoms with van der Waals surface area (Å²) in [6, 6.07) is 6.93. The van der Waals surface area contributed by atoms with Crippen molar-refractivity contribution in [1.82, 2.24) is 15.1 Å². The van der Waals surface area contributed by atoms with Gasteiger partial charge in [-0.15, -0.1) is 0 Å². The number of pyridine rings is 1. The number of rotatable bonds is 2. The Morgan fingerprint density at radius 2 is 2.10 bits per heavy atom. The van der Waals surface area contributed by atoms with Crippen molar-refractivity contribution >= 4 is 15.9 Å². The van der Waals surface area contributed by atoms with Crippen LogP contribution >= 0.6 is 15.9 Å². The van der Waals surface area contributed by atoms with Gasteiger partial charge in [-0.25, -0.2) is 0 Å². The molecule has 2 heterocycles. The summed E-state index contributed by atoms with van der Waals surface area (Å²) in [6.45, 7) is 1.93. The average molecular weight is 332 g/mol. The smallest absolute Gasteiger partial charge is 0.258 e. The summed E-state index contributed by atoms with van der Waals surface area (Å²) >= 11 is 3.23. The molecule has 0 aliphatic carbocycles. The third-order valence-electron chi connectivity index (χ3n) is 2.88. The van der Waals surface area contributed by atoms with Crippen LogP contribution < -0.4 is 0 Å². The highest BCUT2D eigenvalue weighted by Gasteiger charge is 2.13. The van der Waals surface area contributed by atoms with Gasteiger partial charge in [-0.3, -0.25) is 4.98 Å². The third kappa shape index (κ3) is 2.30. The van der Waals surface area contributed by atoms with Crippen LogP contribution in [0.15, 0.2) is 45.7 Å². The standard InChI is InChI=1S/C14H10BrN3O2/c1-8-7-16-5-4-10(8)13-17-14(20-18-13)9-2-3-11(15)12(19)6-9/h2-7,19H,1H3. The van der Waals surface area contributed by atoms with Crippen molar-refractivity contribution in [3.05, 3.63) is 46.7 Å². The first-order chi connectivity index (χ1) is 9.65. The van der Waals surface area contributed by atoms with Crippen LogP contribution in [0, 0.1) is 6.92 Å². The highest BCUT2D eigenvalue weighted by atomic mass is 79.9. The van der Waals surface area contributed by atoms with E-state index in [9.17, 15) is 5.11 Å². The maximum absolute atomic E-state index is 9.68. The number of nitrogens with zero attached hydrogens (tertiary/aromatic N) is 3. The third-order valence-corrected chi connectivity index (χ3v) is 3.55. The molecule has 0 aliphatic rings. The van der Waals surface area contributed by atoms with E-state index in [1.165, 1.54) is 0 Å².